The molecule has 0 spiro atoms. The molecule has 0 rings (SSSR count). The van der Waals surface area contributed by atoms with Crippen molar-refractivity contribution in [3.63, 3.8) is 0 Å². The summed E-state index contributed by atoms with van der Waals surface area (Å²) in [7, 11) is 3.24. The predicted octanol–water partition coefficient (Wildman–Crippen LogP) is -0.750. The van der Waals surface area contributed by atoms with Gasteiger partial charge in [-0.05, 0) is 18.6 Å². The Bertz CT molecular complexity index is 227. The zero-order chi connectivity index (χ0) is 12.9. The smallest absolute Gasteiger partial charge is 0.239 e. The fraction of sp³-hybridized carbons (Fsp3) is 0.800. The van der Waals surface area contributed by atoms with E-state index in [9.17, 15) is 4.79 Å². The highest BCUT2D eigenvalue weighted by Crippen LogP contribution is 1.77. The van der Waals surface area contributed by atoms with Crippen molar-refractivity contribution in [2.45, 2.75) is 6.42 Å². The van der Waals surface area contributed by atoms with Gasteiger partial charge < -0.3 is 25.4 Å². The first-order valence-corrected chi connectivity index (χ1v) is 5.87. The summed E-state index contributed by atoms with van der Waals surface area (Å²) in [6.07, 6.45) is 0.873. The van der Waals surface area contributed by atoms with E-state index in [1.807, 2.05) is 0 Å². The Kier molecular flexibility index (Phi) is 10.9. The van der Waals surface area contributed by atoms with E-state index in [1.54, 1.807) is 14.2 Å². The monoisotopic (exact) mass is 263 g/mol. The van der Waals surface area contributed by atoms with Crippen molar-refractivity contribution in [1.29, 1.82) is 0 Å². The van der Waals surface area contributed by atoms with E-state index in [2.05, 4.69) is 16.0 Å². The Morgan fingerprint density at radius 1 is 1.06 bits per heavy atom. The Morgan fingerprint density at radius 2 is 1.76 bits per heavy atom. The molecule has 100 valence electrons. The summed E-state index contributed by atoms with van der Waals surface area (Å²) in [5, 5.41) is 8.95. The van der Waals surface area contributed by atoms with Gasteiger partial charge in [-0.25, -0.2) is 0 Å². The number of amides is 1. The number of hydrogen-bond donors (Lipinski definition) is 3. The lowest BCUT2D eigenvalue weighted by Crippen LogP contribution is -2.42. The van der Waals surface area contributed by atoms with Crippen LogP contribution in [0.2, 0.25) is 0 Å². The van der Waals surface area contributed by atoms with Gasteiger partial charge >= 0.3 is 0 Å². The molecule has 0 fully saturated rings. The zero-order valence-corrected chi connectivity index (χ0v) is 11.2. The SMILES string of the molecule is COCCCNC(=S)NCC(=O)NCCOC. The zero-order valence-electron chi connectivity index (χ0n) is 10.4. The lowest BCUT2D eigenvalue weighted by Gasteiger charge is -2.10. The highest BCUT2D eigenvalue weighted by Gasteiger charge is 2.01. The average molecular weight is 263 g/mol. The van der Waals surface area contributed by atoms with Gasteiger partial charge in [-0.15, -0.1) is 0 Å². The number of rotatable bonds is 9. The number of ether oxygens (including phenoxy) is 2. The first kappa shape index (κ1) is 16.1. The van der Waals surface area contributed by atoms with Gasteiger partial charge in [0.2, 0.25) is 5.91 Å². The molecule has 0 bridgehead atoms. The highest BCUT2D eigenvalue weighted by molar-refractivity contribution is 7.80. The molecule has 0 aromatic rings. The van der Waals surface area contributed by atoms with Crippen LogP contribution in [-0.4, -0.2) is 58.1 Å². The molecule has 0 atom stereocenters. The summed E-state index contributed by atoms with van der Waals surface area (Å²) in [5.74, 6) is -0.108. The summed E-state index contributed by atoms with van der Waals surface area (Å²) in [6.45, 7) is 2.59. The van der Waals surface area contributed by atoms with Crippen LogP contribution in [0.1, 0.15) is 6.42 Å². The summed E-state index contributed by atoms with van der Waals surface area (Å²) in [5.41, 5.74) is 0. The highest BCUT2D eigenvalue weighted by atomic mass is 32.1. The summed E-state index contributed by atoms with van der Waals surface area (Å²) < 4.78 is 9.71. The molecule has 6 nitrogen and oxygen atoms in total. The van der Waals surface area contributed by atoms with E-state index in [1.165, 1.54) is 0 Å². The van der Waals surface area contributed by atoms with E-state index in [4.69, 9.17) is 21.7 Å². The van der Waals surface area contributed by atoms with Crippen molar-refractivity contribution in [2.75, 3.05) is 47.1 Å². The minimum Gasteiger partial charge on any atom is -0.385 e. The molecule has 0 aromatic heterocycles. The molecule has 3 N–H and O–H groups in total. The third kappa shape index (κ3) is 11.3. The van der Waals surface area contributed by atoms with Crippen LogP contribution in [0, 0.1) is 0 Å². The topological polar surface area (TPSA) is 71.6 Å². The molecular weight excluding hydrogens is 242 g/mol. The number of carbonyl (C=O) groups is 1. The average Bonchev–Trinajstić information content (AvgIpc) is 2.32. The van der Waals surface area contributed by atoms with Crippen LogP contribution in [0.15, 0.2) is 0 Å². The van der Waals surface area contributed by atoms with E-state index in [0.717, 1.165) is 13.0 Å². The molecule has 0 unspecified atom stereocenters. The number of methoxy groups -OCH3 is 2. The van der Waals surface area contributed by atoms with Crippen LogP contribution < -0.4 is 16.0 Å². The maximum absolute atomic E-state index is 11.3. The second kappa shape index (κ2) is 11.6. The van der Waals surface area contributed by atoms with Crippen LogP contribution in [0.25, 0.3) is 0 Å². The lowest BCUT2D eigenvalue weighted by molar-refractivity contribution is -0.120. The van der Waals surface area contributed by atoms with Gasteiger partial charge in [-0.1, -0.05) is 0 Å². The largest absolute Gasteiger partial charge is 0.385 e. The minimum absolute atomic E-state index is 0.108. The third-order valence-electron chi connectivity index (χ3n) is 1.85. The third-order valence-corrected chi connectivity index (χ3v) is 2.14. The maximum Gasteiger partial charge on any atom is 0.239 e. The maximum atomic E-state index is 11.3. The van der Waals surface area contributed by atoms with Crippen molar-refractivity contribution in [3.8, 4) is 0 Å². The van der Waals surface area contributed by atoms with E-state index in [0.29, 0.717) is 24.9 Å². The van der Waals surface area contributed by atoms with Crippen molar-refractivity contribution >= 4 is 23.2 Å². The normalized spacial score (nSPS) is 9.76. The van der Waals surface area contributed by atoms with Gasteiger partial charge in [0.05, 0.1) is 13.2 Å². The van der Waals surface area contributed by atoms with Crippen LogP contribution in [0.5, 0.6) is 0 Å². The minimum atomic E-state index is -0.108. The molecular formula is C10H21N3O3S. The molecule has 0 radical (unpaired) electrons. The van der Waals surface area contributed by atoms with Gasteiger partial charge in [-0.2, -0.15) is 0 Å². The second-order valence-electron chi connectivity index (χ2n) is 3.30. The number of carbonyl (C=O) groups excluding carboxylic acids is 1. The standard InChI is InChI=1S/C10H21N3O3S/c1-15-6-3-4-12-10(17)13-8-9(14)11-5-7-16-2/h3-8H2,1-2H3,(H,11,14)(H2,12,13,17). The molecule has 7 heteroatoms. The molecule has 1 amide bonds. The quantitative estimate of drug-likeness (QED) is 0.375. The van der Waals surface area contributed by atoms with Gasteiger partial charge in [0, 0.05) is 33.9 Å². The Hall–Kier alpha value is -0.920. The van der Waals surface area contributed by atoms with E-state index >= 15 is 0 Å². The predicted molar refractivity (Wildman–Crippen MR) is 70.0 cm³/mol. The fourth-order valence-corrected chi connectivity index (χ4v) is 1.17. The van der Waals surface area contributed by atoms with Gasteiger partial charge in [0.1, 0.15) is 0 Å². The lowest BCUT2D eigenvalue weighted by atomic mass is 10.4. The van der Waals surface area contributed by atoms with Crippen molar-refractivity contribution in [2.24, 2.45) is 0 Å². The second-order valence-corrected chi connectivity index (χ2v) is 3.71. The Balaban J connectivity index is 3.39. The van der Waals surface area contributed by atoms with Gasteiger partial charge in [0.15, 0.2) is 5.11 Å². The van der Waals surface area contributed by atoms with Crippen LogP contribution in [0.3, 0.4) is 0 Å². The molecule has 0 saturated carbocycles. The van der Waals surface area contributed by atoms with Crippen molar-refractivity contribution in [3.05, 3.63) is 0 Å². The van der Waals surface area contributed by atoms with Crippen molar-refractivity contribution in [1.82, 2.24) is 16.0 Å². The molecule has 0 saturated heterocycles. The summed E-state index contributed by atoms with van der Waals surface area (Å²) >= 11 is 4.99. The first-order valence-electron chi connectivity index (χ1n) is 5.47. The van der Waals surface area contributed by atoms with E-state index < -0.39 is 0 Å². The number of thiocarbonyl (C=S) groups is 1. The van der Waals surface area contributed by atoms with Crippen molar-refractivity contribution < 1.29 is 14.3 Å². The van der Waals surface area contributed by atoms with Gasteiger partial charge in [-0.3, -0.25) is 4.79 Å². The first-order chi connectivity index (χ1) is 8.20. The van der Waals surface area contributed by atoms with Crippen LogP contribution in [-0.2, 0) is 14.3 Å². The van der Waals surface area contributed by atoms with Crippen LogP contribution in [0.4, 0.5) is 0 Å². The van der Waals surface area contributed by atoms with Gasteiger partial charge in [0.25, 0.3) is 0 Å². The fourth-order valence-electron chi connectivity index (χ4n) is 0.996. The summed E-state index contributed by atoms with van der Waals surface area (Å²) in [6, 6.07) is 0. The Labute approximate surface area is 107 Å². The molecule has 0 aromatic carbocycles. The molecule has 0 aliphatic rings. The number of nitrogens with one attached hydrogen (secondary N) is 3. The number of hydrogen-bond acceptors (Lipinski definition) is 4. The molecule has 0 aliphatic heterocycles. The molecule has 0 aliphatic carbocycles. The van der Waals surface area contributed by atoms with E-state index in [-0.39, 0.29) is 12.5 Å². The summed E-state index contributed by atoms with van der Waals surface area (Å²) in [4.78, 5) is 11.3. The molecule has 0 heterocycles. The van der Waals surface area contributed by atoms with Crippen LogP contribution >= 0.6 is 12.2 Å². The molecule has 17 heavy (non-hydrogen) atoms. The Morgan fingerprint density at radius 3 is 2.41 bits per heavy atom.